The van der Waals surface area contributed by atoms with Crippen LogP contribution >= 0.6 is 24.8 Å². The number of piperidine rings is 1. The van der Waals surface area contributed by atoms with Crippen molar-refractivity contribution in [1.82, 2.24) is 10.2 Å². The van der Waals surface area contributed by atoms with Crippen LogP contribution in [0.3, 0.4) is 0 Å². The van der Waals surface area contributed by atoms with Gasteiger partial charge in [-0.15, -0.1) is 24.8 Å². The van der Waals surface area contributed by atoms with Crippen molar-refractivity contribution in [2.45, 2.75) is 64.5 Å². The summed E-state index contributed by atoms with van der Waals surface area (Å²) in [6.07, 6.45) is 6.57. The summed E-state index contributed by atoms with van der Waals surface area (Å²) in [5.74, 6) is 1.01. The molecule has 132 valence electrons. The molecular formula is C16H33Cl2N3O. The average Bonchev–Trinajstić information content (AvgIpc) is 2.45. The van der Waals surface area contributed by atoms with E-state index >= 15 is 0 Å². The van der Waals surface area contributed by atoms with Crippen molar-refractivity contribution in [2.75, 3.05) is 19.6 Å². The molecule has 4 nitrogen and oxygen atoms in total. The average molecular weight is 354 g/mol. The Morgan fingerprint density at radius 1 is 1.23 bits per heavy atom. The van der Waals surface area contributed by atoms with Gasteiger partial charge in [0, 0.05) is 31.1 Å². The van der Waals surface area contributed by atoms with E-state index in [1.54, 1.807) is 0 Å². The van der Waals surface area contributed by atoms with E-state index in [-0.39, 0.29) is 42.7 Å². The van der Waals surface area contributed by atoms with Crippen molar-refractivity contribution in [3.8, 4) is 0 Å². The van der Waals surface area contributed by atoms with Gasteiger partial charge in [-0.1, -0.05) is 6.42 Å². The molecule has 1 amide bonds. The number of hydrogen-bond acceptors (Lipinski definition) is 3. The Morgan fingerprint density at radius 3 is 2.59 bits per heavy atom. The van der Waals surface area contributed by atoms with Crippen LogP contribution in [0.2, 0.25) is 0 Å². The molecule has 0 bridgehead atoms. The van der Waals surface area contributed by atoms with Crippen molar-refractivity contribution in [1.29, 1.82) is 0 Å². The molecule has 1 saturated heterocycles. The molecule has 6 heteroatoms. The fourth-order valence-electron chi connectivity index (χ4n) is 3.59. The first kappa shape index (κ1) is 22.0. The summed E-state index contributed by atoms with van der Waals surface area (Å²) in [6, 6.07) is 0.843. The summed E-state index contributed by atoms with van der Waals surface area (Å²) >= 11 is 0. The Bertz CT molecular complexity index is 329. The highest BCUT2D eigenvalue weighted by Crippen LogP contribution is 2.23. The zero-order chi connectivity index (χ0) is 14.5. The second kappa shape index (κ2) is 10.7. The van der Waals surface area contributed by atoms with Gasteiger partial charge in [0.05, 0.1) is 0 Å². The Kier molecular flexibility index (Phi) is 10.7. The number of likely N-dealkylation sites (tertiary alicyclic amines) is 1. The van der Waals surface area contributed by atoms with Crippen molar-refractivity contribution >= 4 is 30.7 Å². The van der Waals surface area contributed by atoms with E-state index in [0.717, 1.165) is 38.8 Å². The molecule has 1 aliphatic carbocycles. The van der Waals surface area contributed by atoms with Crippen LogP contribution in [0.15, 0.2) is 0 Å². The maximum atomic E-state index is 12.2. The summed E-state index contributed by atoms with van der Waals surface area (Å²) in [4.78, 5) is 14.7. The Balaban J connectivity index is 0.00000220. The van der Waals surface area contributed by atoms with Crippen LogP contribution in [0, 0.1) is 11.8 Å². The Labute approximate surface area is 147 Å². The molecule has 0 radical (unpaired) electrons. The summed E-state index contributed by atoms with van der Waals surface area (Å²) in [7, 11) is 0. The third-order valence-corrected chi connectivity index (χ3v) is 4.93. The molecule has 0 aromatic heterocycles. The second-order valence-electron chi connectivity index (χ2n) is 6.97. The standard InChI is InChI=1S/C16H31N3O.2ClH/c1-12(2)19-8-4-5-13(11-19)10-18-16(20)14-6-3-7-15(17)9-14;;/h12-15H,3-11,17H2,1-2H3,(H,18,20);2*1H. The molecule has 1 heterocycles. The maximum Gasteiger partial charge on any atom is 0.223 e. The van der Waals surface area contributed by atoms with Crippen LogP contribution < -0.4 is 11.1 Å². The number of carbonyl (C=O) groups excluding carboxylic acids is 1. The molecular weight excluding hydrogens is 321 g/mol. The van der Waals surface area contributed by atoms with Gasteiger partial charge in [-0.25, -0.2) is 0 Å². The quantitative estimate of drug-likeness (QED) is 0.816. The van der Waals surface area contributed by atoms with Crippen molar-refractivity contribution in [3.63, 3.8) is 0 Å². The Morgan fingerprint density at radius 2 is 1.95 bits per heavy atom. The molecule has 1 saturated carbocycles. The molecule has 0 aromatic rings. The van der Waals surface area contributed by atoms with Crippen LogP contribution in [0.5, 0.6) is 0 Å². The van der Waals surface area contributed by atoms with Crippen LogP contribution in [-0.4, -0.2) is 42.5 Å². The van der Waals surface area contributed by atoms with Gasteiger partial charge in [0.25, 0.3) is 0 Å². The molecule has 2 rings (SSSR count). The normalized spacial score (nSPS) is 29.4. The van der Waals surface area contributed by atoms with E-state index in [1.807, 2.05) is 0 Å². The zero-order valence-corrected chi connectivity index (χ0v) is 15.6. The molecule has 3 unspecified atom stereocenters. The number of carbonyl (C=O) groups is 1. The summed E-state index contributed by atoms with van der Waals surface area (Å²) in [6.45, 7) is 7.68. The van der Waals surface area contributed by atoms with Crippen LogP contribution in [0.25, 0.3) is 0 Å². The highest BCUT2D eigenvalue weighted by atomic mass is 35.5. The first-order valence-corrected chi connectivity index (χ1v) is 8.33. The summed E-state index contributed by atoms with van der Waals surface area (Å²) in [5, 5.41) is 3.18. The monoisotopic (exact) mass is 353 g/mol. The number of halogens is 2. The maximum absolute atomic E-state index is 12.2. The lowest BCUT2D eigenvalue weighted by molar-refractivity contribution is -0.126. The molecule has 1 aliphatic heterocycles. The summed E-state index contributed by atoms with van der Waals surface area (Å²) < 4.78 is 0. The minimum atomic E-state index is 0. The molecule has 22 heavy (non-hydrogen) atoms. The first-order chi connectivity index (χ1) is 9.56. The highest BCUT2D eigenvalue weighted by molar-refractivity contribution is 5.85. The van der Waals surface area contributed by atoms with Gasteiger partial charge in [0.2, 0.25) is 5.91 Å². The summed E-state index contributed by atoms with van der Waals surface area (Å²) in [5.41, 5.74) is 5.97. The zero-order valence-electron chi connectivity index (χ0n) is 13.9. The third kappa shape index (κ3) is 6.61. The van der Waals surface area contributed by atoms with Crippen LogP contribution in [0.4, 0.5) is 0 Å². The van der Waals surface area contributed by atoms with E-state index in [0.29, 0.717) is 12.0 Å². The van der Waals surface area contributed by atoms with Crippen LogP contribution in [0.1, 0.15) is 52.4 Å². The van der Waals surface area contributed by atoms with Gasteiger partial charge < -0.3 is 16.0 Å². The predicted octanol–water partition coefficient (Wildman–Crippen LogP) is 2.58. The van der Waals surface area contributed by atoms with Gasteiger partial charge in [0.1, 0.15) is 0 Å². The fraction of sp³-hybridized carbons (Fsp3) is 0.938. The number of nitrogens with zero attached hydrogens (tertiary/aromatic N) is 1. The van der Waals surface area contributed by atoms with Crippen molar-refractivity contribution in [2.24, 2.45) is 17.6 Å². The van der Waals surface area contributed by atoms with Crippen LogP contribution in [-0.2, 0) is 4.79 Å². The number of nitrogens with one attached hydrogen (secondary N) is 1. The number of nitrogens with two attached hydrogens (primary N) is 1. The Hall–Kier alpha value is -0.0300. The smallest absolute Gasteiger partial charge is 0.223 e. The molecule has 2 fully saturated rings. The predicted molar refractivity (Wildman–Crippen MR) is 96.9 cm³/mol. The minimum absolute atomic E-state index is 0. The van der Waals surface area contributed by atoms with Gasteiger partial charge in [-0.05, 0) is 58.4 Å². The van der Waals surface area contributed by atoms with E-state index in [9.17, 15) is 4.79 Å². The lowest BCUT2D eigenvalue weighted by atomic mass is 9.85. The van der Waals surface area contributed by atoms with E-state index < -0.39 is 0 Å². The number of hydrogen-bond donors (Lipinski definition) is 2. The number of amides is 1. The molecule has 3 N–H and O–H groups in total. The van der Waals surface area contributed by atoms with E-state index in [2.05, 4.69) is 24.1 Å². The first-order valence-electron chi connectivity index (χ1n) is 8.33. The van der Waals surface area contributed by atoms with Gasteiger partial charge >= 0.3 is 0 Å². The molecule has 2 aliphatic rings. The van der Waals surface area contributed by atoms with Crippen molar-refractivity contribution < 1.29 is 4.79 Å². The van der Waals surface area contributed by atoms with E-state index in [1.165, 1.54) is 19.4 Å². The third-order valence-electron chi connectivity index (χ3n) is 4.93. The lowest BCUT2D eigenvalue weighted by Crippen LogP contribution is -2.45. The van der Waals surface area contributed by atoms with Gasteiger partial charge in [-0.3, -0.25) is 4.79 Å². The molecule has 3 atom stereocenters. The molecule has 0 aromatic carbocycles. The topological polar surface area (TPSA) is 58.4 Å². The highest BCUT2D eigenvalue weighted by Gasteiger charge is 2.27. The van der Waals surface area contributed by atoms with Crippen molar-refractivity contribution in [3.05, 3.63) is 0 Å². The largest absolute Gasteiger partial charge is 0.356 e. The SMILES string of the molecule is CC(C)N1CCCC(CNC(=O)C2CCCC(N)C2)C1.Cl.Cl. The second-order valence-corrected chi connectivity index (χ2v) is 6.97. The van der Waals surface area contributed by atoms with Gasteiger partial charge in [0.15, 0.2) is 0 Å². The van der Waals surface area contributed by atoms with Gasteiger partial charge in [-0.2, -0.15) is 0 Å². The van der Waals surface area contributed by atoms with E-state index in [4.69, 9.17) is 5.73 Å². The lowest BCUT2D eigenvalue weighted by Gasteiger charge is -2.35. The molecule has 0 spiro atoms. The minimum Gasteiger partial charge on any atom is -0.356 e. The number of rotatable bonds is 4. The fourth-order valence-corrected chi connectivity index (χ4v) is 3.59.